The zero-order valence-electron chi connectivity index (χ0n) is 11.6. The van der Waals surface area contributed by atoms with Gasteiger partial charge >= 0.3 is 6.01 Å². The Morgan fingerprint density at radius 2 is 2.33 bits per heavy atom. The Morgan fingerprint density at radius 1 is 1.52 bits per heavy atom. The van der Waals surface area contributed by atoms with Gasteiger partial charge in [-0.1, -0.05) is 11.6 Å². The maximum Gasteiger partial charge on any atom is 0.337 e. The van der Waals surface area contributed by atoms with Gasteiger partial charge in [0.15, 0.2) is 0 Å². The van der Waals surface area contributed by atoms with Crippen LogP contribution in [-0.2, 0) is 4.79 Å². The number of likely N-dealkylation sites (N-methyl/N-ethyl adjacent to an activating group) is 1. The lowest BCUT2D eigenvalue weighted by Crippen LogP contribution is -2.30. The van der Waals surface area contributed by atoms with Crippen LogP contribution in [0.4, 0.5) is 11.8 Å². The molecule has 0 unspecified atom stereocenters. The molecule has 0 spiro atoms. The predicted molar refractivity (Wildman–Crippen MR) is 78.7 cm³/mol. The maximum absolute atomic E-state index is 11.9. The molecule has 2 rings (SSSR count). The molecule has 0 radical (unpaired) electrons. The number of hydrogen-bond donors (Lipinski definition) is 2. The summed E-state index contributed by atoms with van der Waals surface area (Å²) in [4.78, 5) is 21.7. The molecule has 0 fully saturated rings. The molecule has 2 heterocycles. The highest BCUT2D eigenvalue weighted by molar-refractivity contribution is 6.30. The van der Waals surface area contributed by atoms with E-state index in [4.69, 9.17) is 16.3 Å². The Bertz CT molecular complexity index is 600. The van der Waals surface area contributed by atoms with Crippen LogP contribution >= 0.6 is 11.6 Å². The van der Waals surface area contributed by atoms with E-state index in [-0.39, 0.29) is 24.4 Å². The van der Waals surface area contributed by atoms with Crippen LogP contribution in [0.3, 0.4) is 0 Å². The number of halogens is 1. The first-order chi connectivity index (χ1) is 10.1. The van der Waals surface area contributed by atoms with Crippen LogP contribution < -0.4 is 15.0 Å². The highest BCUT2D eigenvalue weighted by Gasteiger charge is 2.11. The standard InChI is InChI=1S/C12H15ClN6O2/c1-3-21-12-16-11(17-18-12)15-10(20)7-19(2)9-5-4-8(13)6-14-9/h4-6H,3,7H2,1-2H3,(H2,15,16,17,18,20). The molecule has 0 saturated heterocycles. The van der Waals surface area contributed by atoms with Gasteiger partial charge in [0.25, 0.3) is 0 Å². The summed E-state index contributed by atoms with van der Waals surface area (Å²) in [6, 6.07) is 3.64. The first kappa shape index (κ1) is 15.0. The lowest BCUT2D eigenvalue weighted by Gasteiger charge is -2.16. The van der Waals surface area contributed by atoms with Gasteiger partial charge in [-0.3, -0.25) is 10.1 Å². The van der Waals surface area contributed by atoms with Gasteiger partial charge in [-0.15, -0.1) is 5.10 Å². The molecule has 0 aliphatic rings. The fourth-order valence-electron chi connectivity index (χ4n) is 1.56. The molecule has 0 atom stereocenters. The van der Waals surface area contributed by atoms with Gasteiger partial charge in [-0.25, -0.2) is 10.1 Å². The van der Waals surface area contributed by atoms with E-state index in [1.165, 1.54) is 6.20 Å². The molecule has 8 nitrogen and oxygen atoms in total. The molecular formula is C12H15ClN6O2. The van der Waals surface area contributed by atoms with Crippen molar-refractivity contribution in [1.82, 2.24) is 20.2 Å². The summed E-state index contributed by atoms with van der Waals surface area (Å²) in [5.41, 5.74) is 0. The van der Waals surface area contributed by atoms with Gasteiger partial charge in [0.2, 0.25) is 11.9 Å². The fourth-order valence-corrected chi connectivity index (χ4v) is 1.67. The molecule has 0 aromatic carbocycles. The van der Waals surface area contributed by atoms with Crippen LogP contribution in [0.25, 0.3) is 0 Å². The van der Waals surface area contributed by atoms with Crippen LogP contribution in [-0.4, -0.2) is 46.3 Å². The predicted octanol–water partition coefficient (Wildman–Crippen LogP) is 1.33. The van der Waals surface area contributed by atoms with E-state index in [9.17, 15) is 4.79 Å². The van der Waals surface area contributed by atoms with Crippen LogP contribution in [0, 0.1) is 0 Å². The average Bonchev–Trinajstić information content (AvgIpc) is 2.87. The second kappa shape index (κ2) is 6.89. The number of rotatable bonds is 6. The smallest absolute Gasteiger partial charge is 0.337 e. The van der Waals surface area contributed by atoms with Crippen molar-refractivity contribution in [1.29, 1.82) is 0 Å². The largest absolute Gasteiger partial charge is 0.463 e. The number of hydrogen-bond acceptors (Lipinski definition) is 6. The number of H-pyrrole nitrogens is 1. The minimum Gasteiger partial charge on any atom is -0.463 e. The number of aromatic amines is 1. The number of amides is 1. The number of nitrogens with zero attached hydrogens (tertiary/aromatic N) is 4. The minimum absolute atomic E-state index is 0.110. The van der Waals surface area contributed by atoms with Crippen molar-refractivity contribution in [3.05, 3.63) is 23.4 Å². The summed E-state index contributed by atoms with van der Waals surface area (Å²) < 4.78 is 5.09. The number of pyridine rings is 1. The Kier molecular flexibility index (Phi) is 4.94. The molecular weight excluding hydrogens is 296 g/mol. The van der Waals surface area contributed by atoms with Gasteiger partial charge in [-0.2, -0.15) is 4.98 Å². The van der Waals surface area contributed by atoms with Crippen molar-refractivity contribution in [2.45, 2.75) is 6.92 Å². The van der Waals surface area contributed by atoms with E-state index in [1.54, 1.807) is 24.1 Å². The summed E-state index contributed by atoms with van der Waals surface area (Å²) in [6.07, 6.45) is 1.52. The third-order valence-corrected chi connectivity index (χ3v) is 2.70. The van der Waals surface area contributed by atoms with E-state index >= 15 is 0 Å². The number of carbonyl (C=O) groups excluding carboxylic acids is 1. The van der Waals surface area contributed by atoms with Gasteiger partial charge < -0.3 is 9.64 Å². The molecule has 2 N–H and O–H groups in total. The Balaban J connectivity index is 1.89. The molecule has 21 heavy (non-hydrogen) atoms. The molecule has 0 aliphatic heterocycles. The monoisotopic (exact) mass is 310 g/mol. The summed E-state index contributed by atoms with van der Waals surface area (Å²) in [6.45, 7) is 2.39. The Morgan fingerprint density at radius 3 is 3.00 bits per heavy atom. The van der Waals surface area contributed by atoms with Crippen LogP contribution in [0.2, 0.25) is 5.02 Å². The topological polar surface area (TPSA) is 96.0 Å². The molecule has 2 aromatic rings. The summed E-state index contributed by atoms with van der Waals surface area (Å²) >= 11 is 5.77. The second-order valence-corrected chi connectivity index (χ2v) is 4.57. The van der Waals surface area contributed by atoms with Crippen molar-refractivity contribution < 1.29 is 9.53 Å². The molecule has 0 bridgehead atoms. The zero-order chi connectivity index (χ0) is 15.2. The normalized spacial score (nSPS) is 10.2. The van der Waals surface area contributed by atoms with Crippen LogP contribution in [0.15, 0.2) is 18.3 Å². The van der Waals surface area contributed by atoms with Gasteiger partial charge in [0.1, 0.15) is 5.82 Å². The van der Waals surface area contributed by atoms with Crippen molar-refractivity contribution in [2.24, 2.45) is 0 Å². The number of anilines is 2. The third-order valence-electron chi connectivity index (χ3n) is 2.48. The highest BCUT2D eigenvalue weighted by Crippen LogP contribution is 2.13. The lowest BCUT2D eigenvalue weighted by molar-refractivity contribution is -0.115. The van der Waals surface area contributed by atoms with Crippen molar-refractivity contribution in [2.75, 3.05) is 30.4 Å². The average molecular weight is 311 g/mol. The molecule has 1 amide bonds. The minimum atomic E-state index is -0.256. The number of ether oxygens (including phenoxy) is 1. The second-order valence-electron chi connectivity index (χ2n) is 4.14. The quantitative estimate of drug-likeness (QED) is 0.835. The number of nitrogens with one attached hydrogen (secondary N) is 2. The third kappa shape index (κ3) is 4.32. The van der Waals surface area contributed by atoms with Crippen molar-refractivity contribution >= 4 is 29.3 Å². The van der Waals surface area contributed by atoms with E-state index in [0.29, 0.717) is 17.4 Å². The molecule has 0 saturated carbocycles. The Hall–Kier alpha value is -2.35. The highest BCUT2D eigenvalue weighted by atomic mass is 35.5. The summed E-state index contributed by atoms with van der Waals surface area (Å²) in [5.74, 6) is 0.622. The molecule has 2 aromatic heterocycles. The van der Waals surface area contributed by atoms with Crippen LogP contribution in [0.5, 0.6) is 6.01 Å². The molecule has 112 valence electrons. The SMILES string of the molecule is CCOc1n[nH]c(NC(=O)CN(C)c2ccc(Cl)cn2)n1. The first-order valence-corrected chi connectivity index (χ1v) is 6.64. The van der Waals surface area contributed by atoms with Crippen LogP contribution in [0.1, 0.15) is 6.92 Å². The zero-order valence-corrected chi connectivity index (χ0v) is 12.4. The van der Waals surface area contributed by atoms with E-state index in [2.05, 4.69) is 25.5 Å². The Labute approximate surface area is 126 Å². The van der Waals surface area contributed by atoms with Gasteiger partial charge in [-0.05, 0) is 19.1 Å². The van der Waals surface area contributed by atoms with Crippen molar-refractivity contribution in [3.8, 4) is 6.01 Å². The summed E-state index contributed by atoms with van der Waals surface area (Å²) in [5, 5.41) is 9.50. The first-order valence-electron chi connectivity index (χ1n) is 6.26. The van der Waals surface area contributed by atoms with Gasteiger partial charge in [0, 0.05) is 13.2 Å². The summed E-state index contributed by atoms with van der Waals surface area (Å²) in [7, 11) is 1.75. The molecule has 0 aliphatic carbocycles. The maximum atomic E-state index is 11.9. The number of carbonyl (C=O) groups is 1. The van der Waals surface area contributed by atoms with E-state index in [1.807, 2.05) is 6.92 Å². The number of aromatic nitrogens is 4. The van der Waals surface area contributed by atoms with Crippen molar-refractivity contribution in [3.63, 3.8) is 0 Å². The molecule has 9 heteroatoms. The lowest BCUT2D eigenvalue weighted by atomic mass is 10.4. The van der Waals surface area contributed by atoms with E-state index in [0.717, 1.165) is 0 Å². The fraction of sp³-hybridized carbons (Fsp3) is 0.333. The van der Waals surface area contributed by atoms with E-state index < -0.39 is 0 Å². The van der Waals surface area contributed by atoms with Gasteiger partial charge in [0.05, 0.1) is 18.2 Å².